The molecule has 1 aromatic carbocycles. The highest BCUT2D eigenvalue weighted by atomic mass is 32.1. The number of Topliss-reactive ketones (excluding diaryl/α,β-unsaturated/α-hetero) is 1. The van der Waals surface area contributed by atoms with E-state index in [1.807, 2.05) is 12.1 Å². The molecule has 6 fully saturated rings. The van der Waals surface area contributed by atoms with Crippen LogP contribution >= 0.6 is 11.3 Å². The van der Waals surface area contributed by atoms with Crippen molar-refractivity contribution in [2.75, 3.05) is 26.2 Å². The number of carbonyl (C=O) groups is 1. The van der Waals surface area contributed by atoms with E-state index in [2.05, 4.69) is 69.0 Å². The molecule has 1 heterocycles. The zero-order valence-corrected chi connectivity index (χ0v) is 31.9. The highest BCUT2D eigenvalue weighted by molar-refractivity contribution is 7.21. The van der Waals surface area contributed by atoms with Gasteiger partial charge in [0.25, 0.3) is 0 Å². The van der Waals surface area contributed by atoms with Crippen LogP contribution < -0.4 is 0 Å². The summed E-state index contributed by atoms with van der Waals surface area (Å²) in [6.07, 6.45) is 15.3. The van der Waals surface area contributed by atoms with Crippen molar-refractivity contribution < 1.29 is 25.2 Å². The summed E-state index contributed by atoms with van der Waals surface area (Å²) >= 11 is 1.59. The summed E-state index contributed by atoms with van der Waals surface area (Å²) in [5.41, 5.74) is -1.09. The number of ketones is 1. The summed E-state index contributed by atoms with van der Waals surface area (Å²) in [6, 6.07) is 10.3. The van der Waals surface area contributed by atoms with Crippen LogP contribution in [0.4, 0.5) is 0 Å². The molecule has 51 heavy (non-hydrogen) atoms. The number of thiophene rings is 1. The summed E-state index contributed by atoms with van der Waals surface area (Å²) in [6.45, 7) is 11.0. The predicted octanol–water partition coefficient (Wildman–Crippen LogP) is 7.40. The Morgan fingerprint density at radius 2 is 1.73 bits per heavy atom. The van der Waals surface area contributed by atoms with Crippen molar-refractivity contribution in [2.45, 2.75) is 110 Å². The average Bonchev–Trinajstić information content (AvgIpc) is 3.66. The van der Waals surface area contributed by atoms with Crippen molar-refractivity contribution in [1.29, 1.82) is 0 Å². The van der Waals surface area contributed by atoms with Crippen LogP contribution in [0, 0.1) is 56.7 Å². The number of hydrogen-bond acceptors (Lipinski definition) is 7. The zero-order valence-electron chi connectivity index (χ0n) is 31.1. The van der Waals surface area contributed by atoms with E-state index in [0.717, 1.165) is 65.1 Å². The van der Waals surface area contributed by atoms with Gasteiger partial charge in [0.1, 0.15) is 0 Å². The summed E-state index contributed by atoms with van der Waals surface area (Å²) in [5, 5.41) is 46.1. The van der Waals surface area contributed by atoms with Gasteiger partial charge in [-0.1, -0.05) is 64.1 Å². The molecule has 0 aliphatic heterocycles. The number of rotatable bonds is 9. The van der Waals surface area contributed by atoms with Crippen LogP contribution in [0.3, 0.4) is 0 Å². The number of fused-ring (bicyclic) bond motifs is 4. The minimum Gasteiger partial charge on any atom is -0.394 e. The zero-order chi connectivity index (χ0) is 35.8. The van der Waals surface area contributed by atoms with Crippen LogP contribution in [-0.4, -0.2) is 75.2 Å². The Labute approximate surface area is 308 Å². The third-order valence-electron chi connectivity index (χ3n) is 17.3. The number of aliphatic hydroxyl groups is 4. The molecule has 2 aromatic rings. The van der Waals surface area contributed by atoms with Gasteiger partial charge in [-0.15, -0.1) is 11.3 Å². The minimum absolute atomic E-state index is 0.0708. The molecular formula is C44H59NO5S. The van der Waals surface area contributed by atoms with E-state index in [1.54, 1.807) is 11.3 Å². The molecule has 11 rings (SSSR count). The molecule has 4 bridgehead atoms. The Morgan fingerprint density at radius 3 is 2.47 bits per heavy atom. The largest absolute Gasteiger partial charge is 0.394 e. The molecule has 9 aliphatic carbocycles. The Morgan fingerprint density at radius 1 is 0.980 bits per heavy atom. The molecule has 1 aromatic heterocycles. The van der Waals surface area contributed by atoms with Crippen molar-refractivity contribution in [2.24, 2.45) is 56.7 Å². The van der Waals surface area contributed by atoms with Crippen molar-refractivity contribution in [3.05, 3.63) is 59.0 Å². The SMILES string of the molecule is CC1(C)[C@H]2CC[C@@H](CN(C[C@H](O)CO)C[C@]3(O)CC[C@H]4[C@]56C=C[C@@]7(C=C5C(=O)c5cc8ccccc8s5)CC(O)CC[C@]7(C)[C@H]6CC[C@@]43C)[C@@H]1C2. The Hall–Kier alpha value is -1.87. The lowest BCUT2D eigenvalue weighted by Gasteiger charge is -2.71. The first kappa shape index (κ1) is 34.9. The Balaban J connectivity index is 1.10. The van der Waals surface area contributed by atoms with Crippen LogP contribution in [0.15, 0.2) is 54.1 Å². The smallest absolute Gasteiger partial charge is 0.199 e. The molecule has 0 saturated heterocycles. The van der Waals surface area contributed by atoms with Crippen molar-refractivity contribution in [3.8, 4) is 0 Å². The van der Waals surface area contributed by atoms with Gasteiger partial charge < -0.3 is 20.4 Å². The van der Waals surface area contributed by atoms with Crippen LogP contribution in [0.5, 0.6) is 0 Å². The Kier molecular flexibility index (Phi) is 7.91. The lowest BCUT2D eigenvalue weighted by atomic mass is 9.32. The first-order valence-electron chi connectivity index (χ1n) is 20.1. The van der Waals surface area contributed by atoms with Gasteiger partial charge in [0.05, 0.1) is 29.3 Å². The van der Waals surface area contributed by atoms with Gasteiger partial charge in [0.15, 0.2) is 5.78 Å². The third-order valence-corrected chi connectivity index (χ3v) is 18.4. The second-order valence-corrected chi connectivity index (χ2v) is 20.6. The maximum atomic E-state index is 15.1. The fraction of sp³-hybridized carbons (Fsp3) is 0.705. The van der Waals surface area contributed by atoms with Crippen LogP contribution in [-0.2, 0) is 0 Å². The fourth-order valence-corrected chi connectivity index (χ4v) is 15.3. The number of allylic oxidation sites excluding steroid dienone is 4. The maximum absolute atomic E-state index is 15.1. The molecule has 276 valence electrons. The number of benzene rings is 1. The molecule has 6 nitrogen and oxygen atoms in total. The molecule has 0 amide bonds. The minimum atomic E-state index is -0.992. The second kappa shape index (κ2) is 11.6. The topological polar surface area (TPSA) is 101 Å². The summed E-state index contributed by atoms with van der Waals surface area (Å²) < 4.78 is 1.12. The molecule has 1 unspecified atom stereocenters. The highest BCUT2D eigenvalue weighted by Gasteiger charge is 2.74. The van der Waals surface area contributed by atoms with Gasteiger partial charge >= 0.3 is 0 Å². The van der Waals surface area contributed by atoms with Crippen molar-refractivity contribution in [3.63, 3.8) is 0 Å². The van der Waals surface area contributed by atoms with Gasteiger partial charge in [0, 0.05) is 46.2 Å². The normalized spacial score (nSPS) is 45.2. The van der Waals surface area contributed by atoms with Gasteiger partial charge in [0.2, 0.25) is 0 Å². The monoisotopic (exact) mass is 713 g/mol. The van der Waals surface area contributed by atoms with E-state index >= 15 is 4.79 Å². The van der Waals surface area contributed by atoms with Crippen molar-refractivity contribution >= 4 is 27.2 Å². The predicted molar refractivity (Wildman–Crippen MR) is 202 cm³/mol. The van der Waals surface area contributed by atoms with Gasteiger partial charge in [-0.05, 0) is 122 Å². The third kappa shape index (κ3) is 4.67. The molecule has 4 N–H and O–H groups in total. The number of carbonyl (C=O) groups excluding carboxylic acids is 1. The van der Waals surface area contributed by atoms with E-state index in [0.29, 0.717) is 43.2 Å². The van der Waals surface area contributed by atoms with Gasteiger partial charge in [-0.25, -0.2) is 0 Å². The summed E-state index contributed by atoms with van der Waals surface area (Å²) in [5.74, 6) is 2.47. The van der Waals surface area contributed by atoms with E-state index < -0.39 is 22.5 Å². The number of aliphatic hydroxyl groups excluding tert-OH is 3. The first-order chi connectivity index (χ1) is 24.2. The first-order valence-corrected chi connectivity index (χ1v) is 20.9. The summed E-state index contributed by atoms with van der Waals surface area (Å²) in [7, 11) is 0. The Bertz CT molecular complexity index is 1760. The van der Waals surface area contributed by atoms with E-state index in [9.17, 15) is 20.4 Å². The lowest BCUT2D eigenvalue weighted by molar-refractivity contribution is -0.179. The molecule has 9 aliphatic rings. The number of nitrogens with zero attached hydrogens (tertiary/aromatic N) is 1. The van der Waals surface area contributed by atoms with E-state index in [1.165, 1.54) is 19.3 Å². The van der Waals surface area contributed by atoms with Crippen LogP contribution in [0.1, 0.15) is 102 Å². The molecule has 0 radical (unpaired) electrons. The number of hydrogen-bond donors (Lipinski definition) is 4. The summed E-state index contributed by atoms with van der Waals surface area (Å²) in [4.78, 5) is 18.2. The molecule has 7 heteroatoms. The maximum Gasteiger partial charge on any atom is 0.199 e. The second-order valence-electron chi connectivity index (χ2n) is 19.5. The fourth-order valence-electron chi connectivity index (χ4n) is 14.3. The standard InChI is InChI=1S/C44H59NO5S/c1-39(2)29-10-9-28(32(39)20-29)23-45(24-31(48)25-46)26-43(50)16-13-37-41(43,4)15-12-36-40(3)14-11-30(47)21-42(40)17-18-44(36,37)33(22-42)38(49)35-19-27-7-5-6-8-34(27)51-35/h5-8,17-19,22,28-32,36-37,46-48,50H,9-16,20-21,23-26H2,1-4H3/t28-,29-,30?,31-,32-,36+,37+,40+,41-,42-,43+,44+/m0/s1. The van der Waals surface area contributed by atoms with Crippen LogP contribution in [0.2, 0.25) is 0 Å². The molecule has 2 spiro atoms. The van der Waals surface area contributed by atoms with Crippen LogP contribution in [0.25, 0.3) is 10.1 Å². The highest BCUT2D eigenvalue weighted by Crippen LogP contribution is 2.78. The average molecular weight is 714 g/mol. The molecule has 12 atom stereocenters. The molecular weight excluding hydrogens is 655 g/mol. The van der Waals surface area contributed by atoms with E-state index in [4.69, 9.17) is 0 Å². The van der Waals surface area contributed by atoms with Crippen molar-refractivity contribution in [1.82, 2.24) is 4.90 Å². The quantitative estimate of drug-likeness (QED) is 0.160. The molecule has 6 saturated carbocycles. The van der Waals surface area contributed by atoms with Gasteiger partial charge in [-0.3, -0.25) is 9.69 Å². The lowest BCUT2D eigenvalue weighted by Crippen LogP contribution is -2.67. The van der Waals surface area contributed by atoms with Gasteiger partial charge in [-0.2, -0.15) is 0 Å². The van der Waals surface area contributed by atoms with E-state index in [-0.39, 0.29) is 41.2 Å².